The van der Waals surface area contributed by atoms with Gasteiger partial charge in [-0.25, -0.2) is 0 Å². The van der Waals surface area contributed by atoms with E-state index in [0.29, 0.717) is 22.4 Å². The number of aromatic amines is 1. The van der Waals surface area contributed by atoms with E-state index in [2.05, 4.69) is 27.0 Å². The summed E-state index contributed by atoms with van der Waals surface area (Å²) < 4.78 is 0.907. The van der Waals surface area contributed by atoms with Crippen molar-refractivity contribution in [2.24, 2.45) is 0 Å². The first-order valence-corrected chi connectivity index (χ1v) is 6.65. The molecule has 0 fully saturated rings. The van der Waals surface area contributed by atoms with Crippen molar-refractivity contribution >= 4 is 21.7 Å². The SMILES string of the molecule is Cc1ccc(C(=O)c2c(C)[nH]c(C#N)c2C)cc1Br. The molecule has 0 aliphatic rings. The lowest BCUT2D eigenvalue weighted by Gasteiger charge is -2.04. The van der Waals surface area contributed by atoms with Crippen molar-refractivity contribution < 1.29 is 4.79 Å². The van der Waals surface area contributed by atoms with Crippen LogP contribution in [0, 0.1) is 32.1 Å². The van der Waals surface area contributed by atoms with Crippen LogP contribution in [-0.4, -0.2) is 10.8 Å². The number of hydrogen-bond donors (Lipinski definition) is 1. The summed E-state index contributed by atoms with van der Waals surface area (Å²) in [4.78, 5) is 15.5. The third kappa shape index (κ3) is 2.34. The molecule has 0 unspecified atom stereocenters. The predicted octanol–water partition coefficient (Wildman–Crippen LogP) is 3.81. The first-order chi connectivity index (χ1) is 8.95. The number of aromatic nitrogens is 1. The van der Waals surface area contributed by atoms with Crippen LogP contribution in [-0.2, 0) is 0 Å². The molecule has 0 saturated carbocycles. The summed E-state index contributed by atoms with van der Waals surface area (Å²) in [6, 6.07) is 7.59. The van der Waals surface area contributed by atoms with Crippen LogP contribution in [0.15, 0.2) is 22.7 Å². The molecular weight excluding hydrogens is 304 g/mol. The van der Waals surface area contributed by atoms with E-state index >= 15 is 0 Å². The number of hydrogen-bond acceptors (Lipinski definition) is 2. The number of aryl methyl sites for hydroxylation is 2. The van der Waals surface area contributed by atoms with Gasteiger partial charge in [-0.15, -0.1) is 0 Å². The van der Waals surface area contributed by atoms with Crippen molar-refractivity contribution in [3.05, 3.63) is 56.3 Å². The van der Waals surface area contributed by atoms with E-state index in [1.54, 1.807) is 13.0 Å². The van der Waals surface area contributed by atoms with Crippen LogP contribution in [0.2, 0.25) is 0 Å². The number of halogens is 1. The Labute approximate surface area is 120 Å². The first kappa shape index (κ1) is 13.6. The highest BCUT2D eigenvalue weighted by atomic mass is 79.9. The third-order valence-electron chi connectivity index (χ3n) is 3.21. The number of carbonyl (C=O) groups is 1. The molecule has 0 aliphatic carbocycles. The van der Waals surface area contributed by atoms with Crippen molar-refractivity contribution in [1.82, 2.24) is 4.98 Å². The largest absolute Gasteiger partial charge is 0.350 e. The average Bonchev–Trinajstić information content (AvgIpc) is 2.67. The first-order valence-electron chi connectivity index (χ1n) is 5.85. The van der Waals surface area contributed by atoms with Crippen molar-refractivity contribution in [3.63, 3.8) is 0 Å². The van der Waals surface area contributed by atoms with Gasteiger partial charge in [0.2, 0.25) is 0 Å². The number of nitriles is 1. The Morgan fingerprint density at radius 2 is 2.00 bits per heavy atom. The zero-order valence-electron chi connectivity index (χ0n) is 11.0. The monoisotopic (exact) mass is 316 g/mol. The zero-order chi connectivity index (χ0) is 14.2. The summed E-state index contributed by atoms with van der Waals surface area (Å²) in [5, 5.41) is 8.99. The fourth-order valence-corrected chi connectivity index (χ4v) is 2.46. The number of nitrogens with one attached hydrogen (secondary N) is 1. The smallest absolute Gasteiger partial charge is 0.195 e. The highest BCUT2D eigenvalue weighted by Gasteiger charge is 2.19. The zero-order valence-corrected chi connectivity index (χ0v) is 12.6. The fourth-order valence-electron chi connectivity index (χ4n) is 2.08. The van der Waals surface area contributed by atoms with Gasteiger partial charge in [-0.2, -0.15) is 5.26 Å². The lowest BCUT2D eigenvalue weighted by molar-refractivity contribution is 0.103. The normalized spacial score (nSPS) is 10.3. The second-order valence-corrected chi connectivity index (χ2v) is 5.38. The van der Waals surface area contributed by atoms with Gasteiger partial charge >= 0.3 is 0 Å². The van der Waals surface area contributed by atoms with Crippen molar-refractivity contribution in [1.29, 1.82) is 5.26 Å². The quantitative estimate of drug-likeness (QED) is 0.856. The number of nitrogens with zero attached hydrogens (tertiary/aromatic N) is 1. The molecule has 1 heterocycles. The van der Waals surface area contributed by atoms with Gasteiger partial charge in [0.1, 0.15) is 11.8 Å². The Balaban J connectivity index is 2.53. The van der Waals surface area contributed by atoms with E-state index in [4.69, 9.17) is 5.26 Å². The second-order valence-electron chi connectivity index (χ2n) is 4.53. The van der Waals surface area contributed by atoms with Gasteiger partial charge in [-0.1, -0.05) is 28.1 Å². The lowest BCUT2D eigenvalue weighted by atomic mass is 9.99. The van der Waals surface area contributed by atoms with Gasteiger partial charge < -0.3 is 4.98 Å². The topological polar surface area (TPSA) is 56.6 Å². The van der Waals surface area contributed by atoms with E-state index in [1.165, 1.54) is 0 Å². The maximum Gasteiger partial charge on any atom is 0.195 e. The molecule has 0 bridgehead atoms. The lowest BCUT2D eigenvalue weighted by Crippen LogP contribution is -2.04. The molecule has 3 nitrogen and oxygen atoms in total. The Morgan fingerprint density at radius 1 is 1.32 bits per heavy atom. The molecule has 0 saturated heterocycles. The third-order valence-corrected chi connectivity index (χ3v) is 4.06. The van der Waals surface area contributed by atoms with E-state index in [0.717, 1.165) is 15.7 Å². The minimum absolute atomic E-state index is 0.0616. The molecule has 96 valence electrons. The fraction of sp³-hybridized carbons (Fsp3) is 0.200. The van der Waals surface area contributed by atoms with E-state index < -0.39 is 0 Å². The summed E-state index contributed by atoms with van der Waals surface area (Å²) >= 11 is 3.43. The number of carbonyl (C=O) groups excluding carboxylic acids is 1. The highest BCUT2D eigenvalue weighted by molar-refractivity contribution is 9.10. The standard InChI is InChI=1S/C15H13BrN2O/c1-8-4-5-11(6-12(8)16)15(19)14-9(2)13(7-17)18-10(14)3/h4-6,18H,1-3H3. The van der Waals surface area contributed by atoms with Crippen LogP contribution >= 0.6 is 15.9 Å². The second kappa shape index (κ2) is 5.02. The van der Waals surface area contributed by atoms with Crippen LogP contribution in [0.1, 0.15) is 38.4 Å². The van der Waals surface area contributed by atoms with E-state index in [1.807, 2.05) is 26.0 Å². The summed E-state index contributed by atoms with van der Waals surface area (Å²) in [5.41, 5.74) is 4.18. The van der Waals surface area contributed by atoms with Crippen LogP contribution < -0.4 is 0 Å². The van der Waals surface area contributed by atoms with E-state index in [9.17, 15) is 4.79 Å². The van der Waals surface area contributed by atoms with Crippen LogP contribution in [0.4, 0.5) is 0 Å². The Kier molecular flexibility index (Phi) is 3.59. The molecule has 1 aromatic heterocycles. The van der Waals surface area contributed by atoms with E-state index in [-0.39, 0.29) is 5.78 Å². The van der Waals surface area contributed by atoms with Crippen molar-refractivity contribution in [2.45, 2.75) is 20.8 Å². The number of rotatable bonds is 2. The number of H-pyrrole nitrogens is 1. The molecule has 0 radical (unpaired) electrons. The van der Waals surface area contributed by atoms with Gasteiger partial charge in [0.05, 0.1) is 0 Å². The predicted molar refractivity (Wildman–Crippen MR) is 77.3 cm³/mol. The van der Waals surface area contributed by atoms with Gasteiger partial charge in [-0.3, -0.25) is 4.79 Å². The molecule has 1 N–H and O–H groups in total. The molecule has 0 spiro atoms. The molecule has 2 aromatic rings. The highest BCUT2D eigenvalue weighted by Crippen LogP contribution is 2.24. The molecular formula is C15H13BrN2O. The molecule has 1 aromatic carbocycles. The van der Waals surface area contributed by atoms with Crippen LogP contribution in [0.5, 0.6) is 0 Å². The Bertz CT molecular complexity index is 708. The Hall–Kier alpha value is -1.86. The van der Waals surface area contributed by atoms with Crippen molar-refractivity contribution in [3.8, 4) is 6.07 Å². The minimum atomic E-state index is -0.0616. The van der Waals surface area contributed by atoms with Crippen LogP contribution in [0.3, 0.4) is 0 Å². The summed E-state index contributed by atoms with van der Waals surface area (Å²) in [5.74, 6) is -0.0616. The van der Waals surface area contributed by atoms with Gasteiger partial charge in [0.15, 0.2) is 5.78 Å². The minimum Gasteiger partial charge on any atom is -0.350 e. The molecule has 19 heavy (non-hydrogen) atoms. The number of ketones is 1. The van der Waals surface area contributed by atoms with Crippen molar-refractivity contribution in [2.75, 3.05) is 0 Å². The summed E-state index contributed by atoms with van der Waals surface area (Å²) in [6.45, 7) is 5.57. The number of benzene rings is 1. The molecule has 0 amide bonds. The molecule has 0 atom stereocenters. The van der Waals surface area contributed by atoms with Gasteiger partial charge in [0.25, 0.3) is 0 Å². The maximum atomic E-state index is 12.5. The van der Waals surface area contributed by atoms with Gasteiger partial charge in [0, 0.05) is 21.3 Å². The Morgan fingerprint density at radius 3 is 2.53 bits per heavy atom. The molecule has 2 rings (SSSR count). The summed E-state index contributed by atoms with van der Waals surface area (Å²) in [6.07, 6.45) is 0. The summed E-state index contributed by atoms with van der Waals surface area (Å²) in [7, 11) is 0. The van der Waals surface area contributed by atoms with Gasteiger partial charge in [-0.05, 0) is 38.0 Å². The van der Waals surface area contributed by atoms with Crippen LogP contribution in [0.25, 0.3) is 0 Å². The maximum absolute atomic E-state index is 12.5. The average molecular weight is 317 g/mol. The molecule has 4 heteroatoms. The molecule has 0 aliphatic heterocycles.